The molecule has 1 spiro atoms. The predicted molar refractivity (Wildman–Crippen MR) is 71.9 cm³/mol. The first-order chi connectivity index (χ1) is 10.9. The van der Waals surface area contributed by atoms with E-state index in [9.17, 15) is 22.8 Å². The summed E-state index contributed by atoms with van der Waals surface area (Å²) in [6.07, 6.45) is 1.22. The van der Waals surface area contributed by atoms with Gasteiger partial charge in [0.15, 0.2) is 11.6 Å². The molecule has 1 fully saturated rings. The second-order valence-electron chi connectivity index (χ2n) is 5.70. The number of rotatable bonds is 4. The Bertz CT molecular complexity index is 673. The normalized spacial score (nSPS) is 18.1. The van der Waals surface area contributed by atoms with E-state index in [1.54, 1.807) is 0 Å². The number of methoxy groups -OCH3 is 1. The van der Waals surface area contributed by atoms with Crippen LogP contribution in [-0.2, 0) is 14.9 Å². The number of amides is 1. The van der Waals surface area contributed by atoms with Crippen LogP contribution in [0.15, 0.2) is 12.1 Å². The van der Waals surface area contributed by atoms with E-state index >= 15 is 0 Å². The summed E-state index contributed by atoms with van der Waals surface area (Å²) in [5.41, 5.74) is -0.443. The lowest BCUT2D eigenvalue weighted by Crippen LogP contribution is -2.46. The molecule has 1 aliphatic heterocycles. The van der Waals surface area contributed by atoms with Crippen molar-refractivity contribution in [3.8, 4) is 5.75 Å². The maximum Gasteiger partial charge on any atom is 0.387 e. The van der Waals surface area contributed by atoms with Crippen LogP contribution in [-0.4, -0.2) is 43.6 Å². The Morgan fingerprint density at radius 3 is 2.65 bits per heavy atom. The summed E-state index contributed by atoms with van der Waals surface area (Å²) in [6.45, 7) is -3.22. The maximum atomic E-state index is 14.6. The van der Waals surface area contributed by atoms with Crippen LogP contribution in [0.4, 0.5) is 13.2 Å². The molecule has 1 saturated carbocycles. The third-order valence-electron chi connectivity index (χ3n) is 4.27. The van der Waals surface area contributed by atoms with E-state index < -0.39 is 35.5 Å². The molecule has 1 aromatic carbocycles. The van der Waals surface area contributed by atoms with Gasteiger partial charge < -0.3 is 14.4 Å². The second kappa shape index (κ2) is 5.43. The van der Waals surface area contributed by atoms with Crippen molar-refractivity contribution in [3.05, 3.63) is 29.1 Å². The number of esters is 1. The highest BCUT2D eigenvalue weighted by Gasteiger charge is 2.53. The highest BCUT2D eigenvalue weighted by molar-refractivity contribution is 5.99. The number of halogens is 3. The molecule has 3 rings (SSSR count). The molecule has 1 amide bonds. The van der Waals surface area contributed by atoms with Crippen molar-refractivity contribution < 1.29 is 32.2 Å². The number of alkyl halides is 2. The van der Waals surface area contributed by atoms with Crippen molar-refractivity contribution in [2.45, 2.75) is 24.9 Å². The Morgan fingerprint density at radius 1 is 1.39 bits per heavy atom. The zero-order chi connectivity index (χ0) is 16.8. The first kappa shape index (κ1) is 15.6. The number of carbonyl (C=O) groups is 2. The van der Waals surface area contributed by atoms with Crippen LogP contribution in [0.1, 0.15) is 28.8 Å². The molecule has 0 unspecified atom stereocenters. The second-order valence-corrected chi connectivity index (χ2v) is 5.70. The number of benzene rings is 1. The van der Waals surface area contributed by atoms with E-state index in [1.165, 1.54) is 18.1 Å². The van der Waals surface area contributed by atoms with Gasteiger partial charge in [0.05, 0.1) is 7.11 Å². The van der Waals surface area contributed by atoms with Gasteiger partial charge in [0.25, 0.3) is 5.91 Å². The van der Waals surface area contributed by atoms with Crippen molar-refractivity contribution in [2.75, 3.05) is 20.2 Å². The van der Waals surface area contributed by atoms with E-state index in [-0.39, 0.29) is 24.2 Å². The number of hydrogen-bond donors (Lipinski definition) is 0. The molecule has 0 aromatic heterocycles. The fraction of sp³-hybridized carbons (Fsp3) is 0.467. The van der Waals surface area contributed by atoms with Gasteiger partial charge in [-0.15, -0.1) is 0 Å². The Labute approximate surface area is 130 Å². The van der Waals surface area contributed by atoms with Gasteiger partial charge in [-0.1, -0.05) is 0 Å². The van der Waals surface area contributed by atoms with Gasteiger partial charge in [0.1, 0.15) is 6.54 Å². The topological polar surface area (TPSA) is 55.8 Å². The SMILES string of the molecule is COC(=O)CN1CC2(CC2)c2c(ccc(OC(F)F)c2F)C1=O. The first-order valence-electron chi connectivity index (χ1n) is 7.02. The molecule has 0 atom stereocenters. The molecule has 0 radical (unpaired) electrons. The third kappa shape index (κ3) is 2.62. The molecule has 5 nitrogen and oxygen atoms in total. The van der Waals surface area contributed by atoms with Crippen LogP contribution in [0.2, 0.25) is 0 Å². The summed E-state index contributed by atoms with van der Waals surface area (Å²) in [5.74, 6) is -2.59. The van der Waals surface area contributed by atoms with Gasteiger partial charge in [0, 0.05) is 23.1 Å². The predicted octanol–water partition coefficient (Wildman–Crippen LogP) is 2.09. The molecule has 1 heterocycles. The lowest BCUT2D eigenvalue weighted by atomic mass is 9.85. The summed E-state index contributed by atoms with van der Waals surface area (Å²) in [7, 11) is 1.21. The summed E-state index contributed by atoms with van der Waals surface area (Å²) in [5, 5.41) is 0. The van der Waals surface area contributed by atoms with E-state index in [4.69, 9.17) is 0 Å². The number of hydrogen-bond acceptors (Lipinski definition) is 4. The average Bonchev–Trinajstić information content (AvgIpc) is 3.26. The van der Waals surface area contributed by atoms with Crippen LogP contribution in [0.25, 0.3) is 0 Å². The van der Waals surface area contributed by atoms with Gasteiger partial charge in [-0.25, -0.2) is 4.39 Å². The fourth-order valence-corrected chi connectivity index (χ4v) is 3.03. The van der Waals surface area contributed by atoms with Gasteiger partial charge in [-0.3, -0.25) is 9.59 Å². The lowest BCUT2D eigenvalue weighted by Gasteiger charge is -2.34. The first-order valence-corrected chi connectivity index (χ1v) is 7.02. The van der Waals surface area contributed by atoms with E-state index in [2.05, 4.69) is 9.47 Å². The molecule has 1 aliphatic carbocycles. The van der Waals surface area contributed by atoms with Gasteiger partial charge in [0.2, 0.25) is 0 Å². The minimum Gasteiger partial charge on any atom is -0.468 e. The monoisotopic (exact) mass is 329 g/mol. The van der Waals surface area contributed by atoms with Gasteiger partial charge in [-0.05, 0) is 25.0 Å². The van der Waals surface area contributed by atoms with Crippen LogP contribution >= 0.6 is 0 Å². The highest BCUT2D eigenvalue weighted by atomic mass is 19.3. The zero-order valence-corrected chi connectivity index (χ0v) is 12.3. The average molecular weight is 329 g/mol. The summed E-state index contributed by atoms with van der Waals surface area (Å²) < 4.78 is 48.0. The maximum absolute atomic E-state index is 14.6. The summed E-state index contributed by atoms with van der Waals surface area (Å²) in [6, 6.07) is 2.28. The van der Waals surface area contributed by atoms with Crippen LogP contribution < -0.4 is 4.74 Å². The molecule has 2 aliphatic rings. The van der Waals surface area contributed by atoms with Crippen molar-refractivity contribution in [1.82, 2.24) is 4.90 Å². The Morgan fingerprint density at radius 2 is 2.09 bits per heavy atom. The minimum absolute atomic E-state index is 0.0803. The molecular weight excluding hydrogens is 315 g/mol. The molecule has 124 valence electrons. The standard InChI is InChI=1S/C15H14F3NO4/c1-22-10(20)6-19-7-15(4-5-15)11-8(13(19)21)2-3-9(12(11)16)23-14(17)18/h2-3,14H,4-7H2,1H3. The van der Waals surface area contributed by atoms with Crippen LogP contribution in [0.5, 0.6) is 5.75 Å². The largest absolute Gasteiger partial charge is 0.468 e. The number of fused-ring (bicyclic) bond motifs is 2. The highest BCUT2D eigenvalue weighted by Crippen LogP contribution is 2.54. The van der Waals surface area contributed by atoms with Gasteiger partial charge in [-0.2, -0.15) is 8.78 Å². The lowest BCUT2D eigenvalue weighted by molar-refractivity contribution is -0.141. The van der Waals surface area contributed by atoms with Gasteiger partial charge >= 0.3 is 12.6 Å². The Hall–Kier alpha value is -2.25. The van der Waals surface area contributed by atoms with Crippen molar-refractivity contribution in [1.29, 1.82) is 0 Å². The molecule has 23 heavy (non-hydrogen) atoms. The fourth-order valence-electron chi connectivity index (χ4n) is 3.03. The van der Waals surface area contributed by atoms with E-state index in [0.29, 0.717) is 12.8 Å². The zero-order valence-electron chi connectivity index (χ0n) is 12.3. The third-order valence-corrected chi connectivity index (χ3v) is 4.27. The number of nitrogens with zero attached hydrogens (tertiary/aromatic N) is 1. The van der Waals surface area contributed by atoms with Crippen LogP contribution in [0, 0.1) is 5.82 Å². The van der Waals surface area contributed by atoms with Crippen molar-refractivity contribution in [3.63, 3.8) is 0 Å². The summed E-state index contributed by atoms with van der Waals surface area (Å²) in [4.78, 5) is 25.1. The van der Waals surface area contributed by atoms with Crippen molar-refractivity contribution in [2.24, 2.45) is 0 Å². The molecule has 8 heteroatoms. The van der Waals surface area contributed by atoms with E-state index in [1.807, 2.05) is 0 Å². The van der Waals surface area contributed by atoms with E-state index in [0.717, 1.165) is 6.07 Å². The quantitative estimate of drug-likeness (QED) is 0.794. The Balaban J connectivity index is 2.00. The molecule has 0 N–H and O–H groups in total. The smallest absolute Gasteiger partial charge is 0.387 e. The number of carbonyl (C=O) groups excluding carboxylic acids is 2. The van der Waals surface area contributed by atoms with Crippen LogP contribution in [0.3, 0.4) is 0 Å². The summed E-state index contributed by atoms with van der Waals surface area (Å²) >= 11 is 0. The number of ether oxygens (including phenoxy) is 2. The molecule has 0 saturated heterocycles. The Kier molecular flexibility index (Phi) is 3.69. The minimum atomic E-state index is -3.15. The molecule has 0 bridgehead atoms. The van der Waals surface area contributed by atoms with Crippen molar-refractivity contribution >= 4 is 11.9 Å². The molecule has 1 aromatic rings. The molecular formula is C15H14F3NO4.